The number of rotatable bonds is 4. The maximum Gasteiger partial charge on any atom is 0.220 e. The average molecular weight is 207 g/mol. The highest BCUT2D eigenvalue weighted by Gasteiger charge is 2.17. The Morgan fingerprint density at radius 2 is 2.13 bits per heavy atom. The van der Waals surface area contributed by atoms with Crippen molar-refractivity contribution < 1.29 is 4.79 Å². The van der Waals surface area contributed by atoms with Crippen LogP contribution in [0.1, 0.15) is 27.2 Å². The van der Waals surface area contributed by atoms with Gasteiger partial charge in [-0.15, -0.1) is 0 Å². The summed E-state index contributed by atoms with van der Waals surface area (Å²) in [5, 5.41) is 2.84. The third kappa shape index (κ3) is 3.51. The quantitative estimate of drug-likeness (QED) is 0.763. The summed E-state index contributed by atoms with van der Waals surface area (Å²) in [7, 11) is 0. The van der Waals surface area contributed by atoms with Gasteiger partial charge in [-0.1, -0.05) is 26.0 Å². The lowest BCUT2D eigenvalue weighted by Gasteiger charge is -2.28. The lowest BCUT2D eigenvalue weighted by Crippen LogP contribution is -2.31. The Kier molecular flexibility index (Phi) is 4.56. The molecule has 0 bridgehead atoms. The SMILES string of the molecule is CCN(CC)[C]1C=CC=C(NC(C)=O)C1. The number of hydrogen-bond acceptors (Lipinski definition) is 2. The van der Waals surface area contributed by atoms with Crippen molar-refractivity contribution in [1.29, 1.82) is 0 Å². The van der Waals surface area contributed by atoms with E-state index in [1.165, 1.54) is 13.0 Å². The molecule has 0 unspecified atom stereocenters. The van der Waals surface area contributed by atoms with Crippen molar-refractivity contribution in [2.75, 3.05) is 13.1 Å². The van der Waals surface area contributed by atoms with Crippen LogP contribution in [0, 0.1) is 6.04 Å². The summed E-state index contributed by atoms with van der Waals surface area (Å²) < 4.78 is 0. The Hall–Kier alpha value is -1.09. The van der Waals surface area contributed by atoms with Gasteiger partial charge >= 0.3 is 0 Å². The Balaban J connectivity index is 2.58. The van der Waals surface area contributed by atoms with Crippen molar-refractivity contribution in [2.45, 2.75) is 27.2 Å². The van der Waals surface area contributed by atoms with E-state index >= 15 is 0 Å². The van der Waals surface area contributed by atoms with Gasteiger partial charge in [0.1, 0.15) is 0 Å². The Bertz CT molecular complexity index is 277. The van der Waals surface area contributed by atoms with Crippen LogP contribution >= 0.6 is 0 Å². The molecule has 3 nitrogen and oxygen atoms in total. The van der Waals surface area contributed by atoms with Gasteiger partial charge < -0.3 is 5.32 Å². The molecule has 83 valence electrons. The molecule has 0 atom stereocenters. The zero-order valence-electron chi connectivity index (χ0n) is 9.71. The molecule has 1 N–H and O–H groups in total. The Morgan fingerprint density at radius 3 is 2.67 bits per heavy atom. The summed E-state index contributed by atoms with van der Waals surface area (Å²) in [6.45, 7) is 7.82. The molecular formula is C12H19N2O. The van der Waals surface area contributed by atoms with Crippen molar-refractivity contribution >= 4 is 5.91 Å². The normalized spacial score (nSPS) is 16.7. The fraction of sp³-hybridized carbons (Fsp3) is 0.500. The second kappa shape index (κ2) is 5.71. The van der Waals surface area contributed by atoms with Gasteiger partial charge in [0.15, 0.2) is 0 Å². The number of nitrogens with zero attached hydrogens (tertiary/aromatic N) is 1. The molecular weight excluding hydrogens is 188 g/mol. The Labute approximate surface area is 91.8 Å². The molecule has 1 amide bonds. The van der Waals surface area contributed by atoms with Gasteiger partial charge in [-0.2, -0.15) is 0 Å². The first-order valence-corrected chi connectivity index (χ1v) is 5.43. The molecule has 0 aliphatic heterocycles. The van der Waals surface area contributed by atoms with Gasteiger partial charge in [0, 0.05) is 19.0 Å². The number of carbonyl (C=O) groups excluding carboxylic acids is 1. The van der Waals surface area contributed by atoms with Crippen LogP contribution in [0.4, 0.5) is 0 Å². The second-order valence-electron chi connectivity index (χ2n) is 3.57. The van der Waals surface area contributed by atoms with E-state index in [9.17, 15) is 4.79 Å². The predicted molar refractivity (Wildman–Crippen MR) is 61.8 cm³/mol. The second-order valence-corrected chi connectivity index (χ2v) is 3.57. The van der Waals surface area contributed by atoms with Crippen molar-refractivity contribution in [3.05, 3.63) is 30.0 Å². The Morgan fingerprint density at radius 1 is 1.47 bits per heavy atom. The highest BCUT2D eigenvalue weighted by atomic mass is 16.1. The minimum absolute atomic E-state index is 0.00422. The van der Waals surface area contributed by atoms with E-state index in [2.05, 4.69) is 30.1 Å². The molecule has 1 aliphatic carbocycles. The smallest absolute Gasteiger partial charge is 0.220 e. The van der Waals surface area contributed by atoms with Crippen molar-refractivity contribution in [3.63, 3.8) is 0 Å². The van der Waals surface area contributed by atoms with E-state index in [1.807, 2.05) is 12.2 Å². The van der Waals surface area contributed by atoms with Gasteiger partial charge in [-0.25, -0.2) is 0 Å². The topological polar surface area (TPSA) is 32.3 Å². The van der Waals surface area contributed by atoms with Crippen LogP contribution in [-0.4, -0.2) is 23.9 Å². The van der Waals surface area contributed by atoms with E-state index in [0.29, 0.717) is 0 Å². The molecule has 15 heavy (non-hydrogen) atoms. The van der Waals surface area contributed by atoms with Crippen molar-refractivity contribution in [3.8, 4) is 0 Å². The van der Waals surface area contributed by atoms with E-state index < -0.39 is 0 Å². The highest BCUT2D eigenvalue weighted by molar-refractivity contribution is 5.75. The van der Waals surface area contributed by atoms with E-state index in [0.717, 1.165) is 25.2 Å². The van der Waals surface area contributed by atoms with Crippen LogP contribution in [-0.2, 0) is 4.79 Å². The molecule has 0 spiro atoms. The van der Waals surface area contributed by atoms with Crippen LogP contribution in [0.2, 0.25) is 0 Å². The van der Waals surface area contributed by atoms with E-state index in [-0.39, 0.29) is 5.91 Å². The molecule has 1 rings (SSSR count). The summed E-state index contributed by atoms with van der Waals surface area (Å²) in [4.78, 5) is 13.2. The summed E-state index contributed by atoms with van der Waals surface area (Å²) in [5.41, 5.74) is 0.979. The zero-order valence-corrected chi connectivity index (χ0v) is 9.71. The average Bonchev–Trinajstić information content (AvgIpc) is 2.19. The minimum Gasteiger partial charge on any atom is -0.330 e. The molecule has 1 aliphatic rings. The minimum atomic E-state index is -0.00422. The van der Waals surface area contributed by atoms with E-state index in [4.69, 9.17) is 0 Å². The summed E-state index contributed by atoms with van der Waals surface area (Å²) in [5.74, 6) is -0.00422. The lowest BCUT2D eigenvalue weighted by molar-refractivity contribution is -0.118. The fourth-order valence-electron chi connectivity index (χ4n) is 1.75. The third-order valence-corrected chi connectivity index (χ3v) is 2.46. The zero-order chi connectivity index (χ0) is 11.3. The standard InChI is InChI=1S/C12H19N2O/c1-4-14(5-2)12-8-6-7-11(9-12)13-10(3)15/h6-8H,4-5,9H2,1-3H3,(H,13,15). The molecule has 0 aromatic carbocycles. The first kappa shape index (κ1) is 12.0. The molecule has 0 saturated carbocycles. The fourth-order valence-corrected chi connectivity index (χ4v) is 1.75. The molecule has 0 aromatic rings. The number of likely N-dealkylation sites (N-methyl/N-ethyl adjacent to an activating group) is 1. The van der Waals surface area contributed by atoms with Gasteiger partial charge in [0.25, 0.3) is 0 Å². The van der Waals surface area contributed by atoms with Crippen molar-refractivity contribution in [2.24, 2.45) is 0 Å². The van der Waals surface area contributed by atoms with Crippen LogP contribution in [0.5, 0.6) is 0 Å². The lowest BCUT2D eigenvalue weighted by atomic mass is 10.0. The third-order valence-electron chi connectivity index (χ3n) is 2.46. The van der Waals surface area contributed by atoms with Crippen molar-refractivity contribution in [1.82, 2.24) is 10.2 Å². The summed E-state index contributed by atoms with van der Waals surface area (Å²) >= 11 is 0. The molecule has 1 radical (unpaired) electrons. The monoisotopic (exact) mass is 207 g/mol. The molecule has 0 heterocycles. The first-order valence-electron chi connectivity index (χ1n) is 5.43. The molecule has 0 aromatic heterocycles. The van der Waals surface area contributed by atoms with Gasteiger partial charge in [0.05, 0.1) is 6.04 Å². The number of hydrogen-bond donors (Lipinski definition) is 1. The van der Waals surface area contributed by atoms with Gasteiger partial charge in [0.2, 0.25) is 5.91 Å². The van der Waals surface area contributed by atoms with Gasteiger partial charge in [-0.3, -0.25) is 9.69 Å². The molecule has 0 saturated heterocycles. The first-order chi connectivity index (χ1) is 7.17. The highest BCUT2D eigenvalue weighted by Crippen LogP contribution is 2.22. The molecule has 0 fully saturated rings. The summed E-state index contributed by atoms with van der Waals surface area (Å²) in [6.07, 6.45) is 6.87. The van der Waals surface area contributed by atoms with Gasteiger partial charge in [-0.05, 0) is 19.2 Å². The number of amides is 1. The largest absolute Gasteiger partial charge is 0.330 e. The number of carbonyl (C=O) groups is 1. The number of nitrogens with one attached hydrogen (secondary N) is 1. The van der Waals surface area contributed by atoms with Crippen LogP contribution in [0.3, 0.4) is 0 Å². The number of allylic oxidation sites excluding steroid dienone is 2. The maximum atomic E-state index is 10.9. The summed E-state index contributed by atoms with van der Waals surface area (Å²) in [6, 6.07) is 1.27. The van der Waals surface area contributed by atoms with Crippen LogP contribution < -0.4 is 5.32 Å². The van der Waals surface area contributed by atoms with E-state index in [1.54, 1.807) is 0 Å². The van der Waals surface area contributed by atoms with Crippen LogP contribution in [0.15, 0.2) is 23.9 Å². The maximum absolute atomic E-state index is 10.9. The predicted octanol–water partition coefficient (Wildman–Crippen LogP) is 1.84. The van der Waals surface area contributed by atoms with Crippen LogP contribution in [0.25, 0.3) is 0 Å². The molecule has 3 heteroatoms.